The van der Waals surface area contributed by atoms with Gasteiger partial charge in [0.25, 0.3) is 5.56 Å². The first kappa shape index (κ1) is 14.3. The minimum atomic E-state index is -0.191. The number of benzene rings is 1. The number of hydrazone groups is 1. The zero-order valence-corrected chi connectivity index (χ0v) is 12.6. The highest BCUT2D eigenvalue weighted by atomic mass is 16.5. The monoisotopic (exact) mass is 298 g/mol. The molecule has 0 unspecified atom stereocenters. The van der Waals surface area contributed by atoms with Crippen molar-refractivity contribution in [2.75, 3.05) is 12.5 Å². The number of H-pyrrole nitrogens is 1. The van der Waals surface area contributed by atoms with E-state index in [1.165, 1.54) is 11.6 Å². The molecule has 1 aliphatic carbocycles. The molecule has 0 fully saturated rings. The fourth-order valence-corrected chi connectivity index (χ4v) is 2.63. The van der Waals surface area contributed by atoms with Gasteiger partial charge >= 0.3 is 0 Å². The van der Waals surface area contributed by atoms with Gasteiger partial charge in [-0.25, -0.2) is 10.4 Å². The second-order valence-corrected chi connectivity index (χ2v) is 5.28. The van der Waals surface area contributed by atoms with E-state index in [2.05, 4.69) is 26.6 Å². The van der Waals surface area contributed by atoms with Crippen molar-refractivity contribution < 1.29 is 4.74 Å². The van der Waals surface area contributed by atoms with Crippen LogP contribution < -0.4 is 15.7 Å². The van der Waals surface area contributed by atoms with Crippen LogP contribution in [0, 0.1) is 6.92 Å². The molecule has 114 valence electrons. The second-order valence-electron chi connectivity index (χ2n) is 5.28. The number of nitrogens with zero attached hydrogens (tertiary/aromatic N) is 2. The lowest BCUT2D eigenvalue weighted by Crippen LogP contribution is -2.15. The van der Waals surface area contributed by atoms with Crippen LogP contribution in [0.5, 0.6) is 5.75 Å². The van der Waals surface area contributed by atoms with Crippen molar-refractivity contribution in [2.24, 2.45) is 5.10 Å². The SMILES string of the molecule is COc1ccc2c(c1)CCCC2=NNc1nc(C)cc(=O)[nH]1. The fraction of sp³-hybridized carbons (Fsp3) is 0.312. The van der Waals surface area contributed by atoms with Crippen molar-refractivity contribution >= 4 is 11.7 Å². The molecule has 0 atom stereocenters. The Balaban J connectivity index is 1.88. The van der Waals surface area contributed by atoms with Crippen LogP contribution >= 0.6 is 0 Å². The Bertz CT molecular complexity index is 780. The third-order valence-corrected chi connectivity index (χ3v) is 3.65. The summed E-state index contributed by atoms with van der Waals surface area (Å²) in [7, 11) is 1.67. The average Bonchev–Trinajstić information content (AvgIpc) is 2.51. The smallest absolute Gasteiger partial charge is 0.252 e. The van der Waals surface area contributed by atoms with E-state index < -0.39 is 0 Å². The Kier molecular flexibility index (Phi) is 3.91. The Hall–Kier alpha value is -2.63. The number of aromatic amines is 1. The van der Waals surface area contributed by atoms with E-state index in [4.69, 9.17) is 4.74 Å². The number of nitrogens with one attached hydrogen (secondary N) is 2. The van der Waals surface area contributed by atoms with Crippen LogP contribution in [0.15, 0.2) is 34.2 Å². The van der Waals surface area contributed by atoms with Crippen molar-refractivity contribution in [3.8, 4) is 5.75 Å². The van der Waals surface area contributed by atoms with Crippen molar-refractivity contribution in [1.29, 1.82) is 0 Å². The molecule has 3 rings (SSSR count). The zero-order valence-electron chi connectivity index (χ0n) is 12.6. The molecule has 22 heavy (non-hydrogen) atoms. The molecule has 1 aromatic carbocycles. The third-order valence-electron chi connectivity index (χ3n) is 3.65. The van der Waals surface area contributed by atoms with Crippen molar-refractivity contribution in [3.05, 3.63) is 51.4 Å². The van der Waals surface area contributed by atoms with Gasteiger partial charge in [-0.05, 0) is 49.9 Å². The summed E-state index contributed by atoms with van der Waals surface area (Å²) < 4.78 is 5.27. The van der Waals surface area contributed by atoms with Crippen molar-refractivity contribution in [3.63, 3.8) is 0 Å². The molecule has 6 heteroatoms. The molecular weight excluding hydrogens is 280 g/mol. The van der Waals surface area contributed by atoms with Crippen molar-refractivity contribution in [2.45, 2.75) is 26.2 Å². The number of aryl methyl sites for hydroxylation is 2. The second kappa shape index (κ2) is 6.01. The molecule has 6 nitrogen and oxygen atoms in total. The van der Waals surface area contributed by atoms with Crippen LogP contribution in [0.1, 0.15) is 29.7 Å². The van der Waals surface area contributed by atoms with Crippen LogP contribution in [-0.2, 0) is 6.42 Å². The summed E-state index contributed by atoms with van der Waals surface area (Å²) in [4.78, 5) is 18.3. The van der Waals surface area contributed by atoms with Gasteiger partial charge in [-0.3, -0.25) is 9.78 Å². The van der Waals surface area contributed by atoms with Gasteiger partial charge in [-0.2, -0.15) is 5.10 Å². The molecule has 0 radical (unpaired) electrons. The maximum Gasteiger partial charge on any atom is 0.252 e. The molecule has 0 bridgehead atoms. The van der Waals surface area contributed by atoms with Gasteiger partial charge in [-0.1, -0.05) is 0 Å². The summed E-state index contributed by atoms with van der Waals surface area (Å²) in [5.74, 6) is 1.22. The largest absolute Gasteiger partial charge is 0.497 e. The van der Waals surface area contributed by atoms with Gasteiger partial charge in [-0.15, -0.1) is 0 Å². The van der Waals surface area contributed by atoms with E-state index >= 15 is 0 Å². The minimum Gasteiger partial charge on any atom is -0.497 e. The van der Waals surface area contributed by atoms with Crippen LogP contribution in [0.3, 0.4) is 0 Å². The molecule has 0 saturated heterocycles. The lowest BCUT2D eigenvalue weighted by molar-refractivity contribution is 0.414. The number of aromatic nitrogens is 2. The van der Waals surface area contributed by atoms with Crippen LogP contribution in [0.2, 0.25) is 0 Å². The lowest BCUT2D eigenvalue weighted by Gasteiger charge is -2.18. The average molecular weight is 298 g/mol. The predicted octanol–water partition coefficient (Wildman–Crippen LogP) is 2.24. The minimum absolute atomic E-state index is 0.191. The van der Waals surface area contributed by atoms with E-state index in [1.54, 1.807) is 14.0 Å². The highest BCUT2D eigenvalue weighted by Gasteiger charge is 2.16. The molecule has 1 aliphatic rings. The standard InChI is InChI=1S/C16H18N4O2/c1-10-8-15(21)18-16(17-10)20-19-14-5-3-4-11-9-12(22-2)6-7-13(11)14/h6-9H,3-5H2,1-2H3,(H2,17,18,20,21). The van der Waals surface area contributed by atoms with E-state index in [0.717, 1.165) is 36.3 Å². The van der Waals surface area contributed by atoms with Gasteiger partial charge in [0.05, 0.1) is 12.8 Å². The first-order valence-corrected chi connectivity index (χ1v) is 7.23. The summed E-state index contributed by atoms with van der Waals surface area (Å²) in [5.41, 5.74) is 6.64. The summed E-state index contributed by atoms with van der Waals surface area (Å²) in [6.45, 7) is 1.77. The van der Waals surface area contributed by atoms with Crippen LogP contribution in [-0.4, -0.2) is 22.8 Å². The summed E-state index contributed by atoms with van der Waals surface area (Å²) in [6.07, 6.45) is 2.95. The molecule has 2 aromatic rings. The Morgan fingerprint density at radius 2 is 2.18 bits per heavy atom. The van der Waals surface area contributed by atoms with Crippen LogP contribution in [0.4, 0.5) is 5.95 Å². The summed E-state index contributed by atoms with van der Waals surface area (Å²) in [6, 6.07) is 7.46. The van der Waals surface area contributed by atoms with Gasteiger partial charge in [0.2, 0.25) is 5.95 Å². The van der Waals surface area contributed by atoms with Gasteiger partial charge < -0.3 is 4.74 Å². The molecule has 0 spiro atoms. The predicted molar refractivity (Wildman–Crippen MR) is 85.7 cm³/mol. The van der Waals surface area contributed by atoms with Crippen LogP contribution in [0.25, 0.3) is 0 Å². The molecule has 2 N–H and O–H groups in total. The Morgan fingerprint density at radius 1 is 1.32 bits per heavy atom. The Morgan fingerprint density at radius 3 is 2.95 bits per heavy atom. The number of methoxy groups -OCH3 is 1. The number of anilines is 1. The molecular formula is C16H18N4O2. The highest BCUT2D eigenvalue weighted by molar-refractivity contribution is 6.03. The number of rotatable bonds is 3. The van der Waals surface area contributed by atoms with Crippen molar-refractivity contribution in [1.82, 2.24) is 9.97 Å². The number of ether oxygens (including phenoxy) is 1. The van der Waals surface area contributed by atoms with Gasteiger partial charge in [0, 0.05) is 17.3 Å². The Labute approximate surface area is 128 Å². The van der Waals surface area contributed by atoms with E-state index in [0.29, 0.717) is 11.6 Å². The maximum absolute atomic E-state index is 11.4. The quantitative estimate of drug-likeness (QED) is 0.852. The molecule has 0 amide bonds. The van der Waals surface area contributed by atoms with E-state index in [-0.39, 0.29) is 5.56 Å². The summed E-state index contributed by atoms with van der Waals surface area (Å²) >= 11 is 0. The number of hydrogen-bond acceptors (Lipinski definition) is 5. The first-order valence-electron chi connectivity index (χ1n) is 7.23. The van der Waals surface area contributed by atoms with E-state index in [1.807, 2.05) is 12.1 Å². The summed E-state index contributed by atoms with van der Waals surface area (Å²) in [5, 5.41) is 4.43. The van der Waals surface area contributed by atoms with E-state index in [9.17, 15) is 4.79 Å². The number of fused-ring (bicyclic) bond motifs is 1. The first-order chi connectivity index (χ1) is 10.7. The van der Waals surface area contributed by atoms with Gasteiger partial charge in [0.15, 0.2) is 0 Å². The lowest BCUT2D eigenvalue weighted by atomic mass is 9.90. The zero-order chi connectivity index (χ0) is 15.5. The molecule has 0 aliphatic heterocycles. The third kappa shape index (κ3) is 3.00. The number of hydrogen-bond donors (Lipinski definition) is 2. The normalized spacial score (nSPS) is 15.5. The maximum atomic E-state index is 11.4. The van der Waals surface area contributed by atoms with Gasteiger partial charge in [0.1, 0.15) is 5.75 Å². The molecule has 0 saturated carbocycles. The molecule has 1 heterocycles. The highest BCUT2D eigenvalue weighted by Crippen LogP contribution is 2.25. The topological polar surface area (TPSA) is 79.4 Å². The molecule has 1 aromatic heterocycles. The fourth-order valence-electron chi connectivity index (χ4n) is 2.63.